The molecule has 0 radical (unpaired) electrons. The molecule has 4 rings (SSSR count). The van der Waals surface area contributed by atoms with Gasteiger partial charge in [0.25, 0.3) is 11.8 Å². The third-order valence-corrected chi connectivity index (χ3v) is 7.83. The molecule has 0 aliphatic carbocycles. The highest BCUT2D eigenvalue weighted by Crippen LogP contribution is 2.28. The van der Waals surface area contributed by atoms with Crippen LogP contribution in [-0.4, -0.2) is 35.2 Å². The van der Waals surface area contributed by atoms with E-state index in [0.717, 1.165) is 38.9 Å². The number of carbonyl (C=O) groups is 2. The fourth-order valence-corrected chi connectivity index (χ4v) is 5.31. The van der Waals surface area contributed by atoms with Crippen molar-refractivity contribution in [1.82, 2.24) is 15.3 Å². The number of carbonyl (C=O) groups excluding carboxylic acids is 2. The van der Waals surface area contributed by atoms with Crippen LogP contribution >= 0.6 is 23.2 Å². The van der Waals surface area contributed by atoms with Crippen LogP contribution in [0.25, 0.3) is 10.9 Å². The molecule has 220 valence electrons. The summed E-state index contributed by atoms with van der Waals surface area (Å²) in [6, 6.07) is 18.7. The van der Waals surface area contributed by atoms with Gasteiger partial charge in [0.05, 0.1) is 16.3 Å². The van der Waals surface area contributed by atoms with Crippen molar-refractivity contribution in [2.45, 2.75) is 53.6 Å². The van der Waals surface area contributed by atoms with Crippen LogP contribution in [-0.2, 0) is 16.1 Å². The maximum atomic E-state index is 13.1. The molecule has 0 fully saturated rings. The highest BCUT2D eigenvalue weighted by Gasteiger charge is 2.22. The second-order valence-electron chi connectivity index (χ2n) is 10.8. The van der Waals surface area contributed by atoms with E-state index in [-0.39, 0.29) is 18.4 Å². The van der Waals surface area contributed by atoms with Crippen LogP contribution in [0.15, 0.2) is 65.8 Å². The van der Waals surface area contributed by atoms with Gasteiger partial charge in [-0.25, -0.2) is 5.43 Å². The molecule has 3 aromatic carbocycles. The smallest absolute Gasteiger partial charge is 0.262 e. The van der Waals surface area contributed by atoms with Gasteiger partial charge in [-0.2, -0.15) is 5.10 Å². The maximum Gasteiger partial charge on any atom is 0.262 e. The Kier molecular flexibility index (Phi) is 10.3. The van der Waals surface area contributed by atoms with Gasteiger partial charge < -0.3 is 14.6 Å². The number of benzene rings is 3. The van der Waals surface area contributed by atoms with E-state index in [9.17, 15) is 9.59 Å². The van der Waals surface area contributed by atoms with E-state index in [4.69, 9.17) is 27.9 Å². The SMILES string of the molecule is Cc1cccc(C)c1OCC(=O)N[C@@H](CC(C)C)C(=O)N/N=C\c1c(C)n(Cc2ccc(Cl)c(Cl)c2)c2ccccc12. The Labute approximate surface area is 256 Å². The minimum absolute atomic E-state index is 0.172. The summed E-state index contributed by atoms with van der Waals surface area (Å²) in [6.07, 6.45) is 2.11. The Morgan fingerprint density at radius 3 is 2.38 bits per heavy atom. The van der Waals surface area contributed by atoms with Gasteiger partial charge in [0.1, 0.15) is 11.8 Å². The number of aryl methyl sites for hydroxylation is 2. The Bertz CT molecular complexity index is 1610. The lowest BCUT2D eigenvalue weighted by molar-refractivity contribution is -0.130. The van der Waals surface area contributed by atoms with Crippen molar-refractivity contribution >= 4 is 52.1 Å². The Morgan fingerprint density at radius 2 is 1.69 bits per heavy atom. The third kappa shape index (κ3) is 7.52. The molecule has 4 aromatic rings. The van der Waals surface area contributed by atoms with E-state index in [1.807, 2.05) is 89.2 Å². The van der Waals surface area contributed by atoms with Crippen LogP contribution in [0.2, 0.25) is 10.0 Å². The number of hydrogen-bond acceptors (Lipinski definition) is 4. The second-order valence-corrected chi connectivity index (χ2v) is 11.7. The van der Waals surface area contributed by atoms with Crippen molar-refractivity contribution in [3.8, 4) is 5.75 Å². The normalized spacial score (nSPS) is 12.2. The summed E-state index contributed by atoms with van der Waals surface area (Å²) >= 11 is 12.4. The molecule has 9 heteroatoms. The lowest BCUT2D eigenvalue weighted by Gasteiger charge is -2.19. The van der Waals surface area contributed by atoms with Crippen LogP contribution < -0.4 is 15.5 Å². The Hall–Kier alpha value is -3.81. The van der Waals surface area contributed by atoms with Crippen molar-refractivity contribution in [3.05, 3.63) is 98.7 Å². The number of hydrazone groups is 1. The predicted molar refractivity (Wildman–Crippen MR) is 171 cm³/mol. The molecule has 0 saturated carbocycles. The number of ether oxygens (including phenoxy) is 1. The molecule has 0 unspecified atom stereocenters. The lowest BCUT2D eigenvalue weighted by atomic mass is 10.0. The zero-order valence-corrected chi connectivity index (χ0v) is 26.0. The van der Waals surface area contributed by atoms with E-state index in [1.54, 1.807) is 12.3 Å². The quantitative estimate of drug-likeness (QED) is 0.143. The zero-order chi connectivity index (χ0) is 30.4. The molecule has 1 aromatic heterocycles. The molecule has 0 saturated heterocycles. The number of aromatic nitrogens is 1. The number of hydrogen-bond donors (Lipinski definition) is 2. The first-order chi connectivity index (χ1) is 20.0. The van der Waals surface area contributed by atoms with Gasteiger partial charge in [-0.15, -0.1) is 0 Å². The van der Waals surface area contributed by atoms with Gasteiger partial charge in [0, 0.05) is 28.7 Å². The molecule has 0 aliphatic rings. The number of para-hydroxylation sites is 2. The first kappa shape index (κ1) is 31.1. The summed E-state index contributed by atoms with van der Waals surface area (Å²) in [5, 5.41) is 9.13. The zero-order valence-electron chi connectivity index (χ0n) is 24.5. The molecule has 2 amide bonds. The summed E-state index contributed by atoms with van der Waals surface area (Å²) in [7, 11) is 0. The van der Waals surface area contributed by atoms with Crippen molar-refractivity contribution in [2.75, 3.05) is 6.61 Å². The van der Waals surface area contributed by atoms with Crippen molar-refractivity contribution in [2.24, 2.45) is 11.0 Å². The largest absolute Gasteiger partial charge is 0.483 e. The summed E-state index contributed by atoms with van der Waals surface area (Å²) in [5.41, 5.74) is 8.44. The van der Waals surface area contributed by atoms with Crippen molar-refractivity contribution < 1.29 is 14.3 Å². The second kappa shape index (κ2) is 13.9. The van der Waals surface area contributed by atoms with Gasteiger partial charge in [0.2, 0.25) is 0 Å². The number of nitrogens with zero attached hydrogens (tertiary/aromatic N) is 2. The molecule has 1 atom stereocenters. The average molecular weight is 608 g/mol. The first-order valence-electron chi connectivity index (χ1n) is 13.9. The van der Waals surface area contributed by atoms with Gasteiger partial charge >= 0.3 is 0 Å². The van der Waals surface area contributed by atoms with Gasteiger partial charge in [-0.05, 0) is 68.0 Å². The molecule has 7 nitrogen and oxygen atoms in total. The molecular weight excluding hydrogens is 571 g/mol. The standard InChI is InChI=1S/C33H36Cl2N4O3/c1-20(2)15-29(37-31(40)19-42-32-21(3)9-8-10-22(32)4)33(41)38-36-17-26-23(5)39(30-12-7-6-11-25(26)30)18-24-13-14-27(34)28(35)16-24/h6-14,16-17,20,29H,15,18-19H2,1-5H3,(H,37,40)(H,38,41)/b36-17-/t29-/m0/s1. The number of halogens is 2. The third-order valence-electron chi connectivity index (χ3n) is 7.09. The van der Waals surface area contributed by atoms with Crippen LogP contribution in [0.1, 0.15) is 48.2 Å². The Morgan fingerprint density at radius 1 is 0.976 bits per heavy atom. The lowest BCUT2D eigenvalue weighted by Crippen LogP contribution is -2.47. The first-order valence-corrected chi connectivity index (χ1v) is 14.6. The predicted octanol–water partition coefficient (Wildman–Crippen LogP) is 6.98. The molecule has 2 N–H and O–H groups in total. The molecule has 0 aliphatic heterocycles. The fourth-order valence-electron chi connectivity index (χ4n) is 4.99. The van der Waals surface area contributed by atoms with E-state index >= 15 is 0 Å². The van der Waals surface area contributed by atoms with Crippen molar-refractivity contribution in [1.29, 1.82) is 0 Å². The topological polar surface area (TPSA) is 84.7 Å². The van der Waals surface area contributed by atoms with Gasteiger partial charge in [-0.3, -0.25) is 9.59 Å². The highest BCUT2D eigenvalue weighted by molar-refractivity contribution is 6.42. The van der Waals surface area contributed by atoms with Crippen LogP contribution in [0.4, 0.5) is 0 Å². The number of rotatable bonds is 11. The Balaban J connectivity index is 1.47. The van der Waals surface area contributed by atoms with E-state index in [0.29, 0.717) is 28.8 Å². The van der Waals surface area contributed by atoms with E-state index in [2.05, 4.69) is 20.4 Å². The molecule has 1 heterocycles. The summed E-state index contributed by atoms with van der Waals surface area (Å²) < 4.78 is 7.95. The molecule has 0 spiro atoms. The maximum absolute atomic E-state index is 13.1. The number of amides is 2. The highest BCUT2D eigenvalue weighted by atomic mass is 35.5. The minimum Gasteiger partial charge on any atom is -0.483 e. The summed E-state index contributed by atoms with van der Waals surface area (Å²) in [5.74, 6) is 0.0863. The summed E-state index contributed by atoms with van der Waals surface area (Å²) in [4.78, 5) is 25.9. The van der Waals surface area contributed by atoms with Crippen molar-refractivity contribution in [3.63, 3.8) is 0 Å². The monoisotopic (exact) mass is 606 g/mol. The van der Waals surface area contributed by atoms with E-state index < -0.39 is 11.9 Å². The molecule has 42 heavy (non-hydrogen) atoms. The fraction of sp³-hybridized carbons (Fsp3) is 0.303. The molecular formula is C33H36Cl2N4O3. The van der Waals surface area contributed by atoms with Crippen LogP contribution in [0.3, 0.4) is 0 Å². The number of nitrogens with one attached hydrogen (secondary N) is 2. The van der Waals surface area contributed by atoms with Gasteiger partial charge in [-0.1, -0.05) is 79.5 Å². The minimum atomic E-state index is -0.756. The molecule has 0 bridgehead atoms. The van der Waals surface area contributed by atoms with Crippen LogP contribution in [0, 0.1) is 26.7 Å². The van der Waals surface area contributed by atoms with Crippen LogP contribution in [0.5, 0.6) is 5.75 Å². The van der Waals surface area contributed by atoms with Gasteiger partial charge in [0.15, 0.2) is 6.61 Å². The summed E-state index contributed by atoms with van der Waals surface area (Å²) in [6.45, 7) is 10.3. The average Bonchev–Trinajstić information content (AvgIpc) is 3.20. The van der Waals surface area contributed by atoms with E-state index in [1.165, 1.54) is 0 Å². The number of fused-ring (bicyclic) bond motifs is 1.